The van der Waals surface area contributed by atoms with Gasteiger partial charge in [0, 0.05) is 18.7 Å². The molecule has 1 aromatic carbocycles. The van der Waals surface area contributed by atoms with Gasteiger partial charge in [-0.05, 0) is 36.1 Å². The van der Waals surface area contributed by atoms with Crippen molar-refractivity contribution >= 4 is 0 Å². The smallest absolute Gasteiger partial charge is 0.164 e. The van der Waals surface area contributed by atoms with Gasteiger partial charge in [0.1, 0.15) is 5.82 Å². The van der Waals surface area contributed by atoms with Crippen molar-refractivity contribution in [3.05, 3.63) is 35.4 Å². The van der Waals surface area contributed by atoms with Crippen LogP contribution in [0, 0.1) is 18.2 Å². The number of nitrogens with one attached hydrogen (secondary N) is 1. The van der Waals surface area contributed by atoms with Crippen LogP contribution in [0.4, 0.5) is 4.39 Å². The van der Waals surface area contributed by atoms with Crippen LogP contribution in [-0.4, -0.2) is 21.3 Å². The van der Waals surface area contributed by atoms with Gasteiger partial charge in [-0.2, -0.15) is 0 Å². The monoisotopic (exact) mass is 288 g/mol. The summed E-state index contributed by atoms with van der Waals surface area (Å²) in [5.74, 6) is 1.60. The Morgan fingerprint density at radius 2 is 2.05 bits per heavy atom. The van der Waals surface area contributed by atoms with Crippen LogP contribution >= 0.6 is 0 Å². The molecular formula is C16H21FN4. The van der Waals surface area contributed by atoms with Crippen molar-refractivity contribution in [3.63, 3.8) is 0 Å². The topological polar surface area (TPSA) is 42.7 Å². The van der Waals surface area contributed by atoms with Crippen molar-refractivity contribution in [2.45, 2.75) is 40.3 Å². The Labute approximate surface area is 124 Å². The van der Waals surface area contributed by atoms with Crippen LogP contribution in [-0.2, 0) is 6.54 Å². The highest BCUT2D eigenvalue weighted by atomic mass is 19.1. The Morgan fingerprint density at radius 1 is 1.29 bits per heavy atom. The number of aromatic nitrogens is 3. The third kappa shape index (κ3) is 2.46. The van der Waals surface area contributed by atoms with Gasteiger partial charge in [-0.15, -0.1) is 10.2 Å². The number of halogens is 1. The summed E-state index contributed by atoms with van der Waals surface area (Å²) in [7, 11) is 0. The summed E-state index contributed by atoms with van der Waals surface area (Å²) >= 11 is 0. The molecule has 5 heteroatoms. The zero-order valence-corrected chi connectivity index (χ0v) is 12.9. The molecule has 2 heterocycles. The van der Waals surface area contributed by atoms with Gasteiger partial charge in [0.05, 0.1) is 6.04 Å². The minimum Gasteiger partial charge on any atom is -0.308 e. The highest BCUT2D eigenvalue weighted by Crippen LogP contribution is 2.35. The highest BCUT2D eigenvalue weighted by molar-refractivity contribution is 5.57. The standard InChI is InChI=1S/C16H21FN4/c1-10-9-11(5-6-12(10)17)14-19-20-15-13(16(2,3)4)18-7-8-21(14)15/h5-6,9,13,18H,7-8H2,1-4H3. The molecule has 0 aliphatic carbocycles. The van der Waals surface area contributed by atoms with E-state index in [0.717, 1.165) is 30.3 Å². The van der Waals surface area contributed by atoms with Crippen molar-refractivity contribution in [2.75, 3.05) is 6.54 Å². The van der Waals surface area contributed by atoms with Gasteiger partial charge in [-0.25, -0.2) is 4.39 Å². The Morgan fingerprint density at radius 3 is 2.71 bits per heavy atom. The summed E-state index contributed by atoms with van der Waals surface area (Å²) in [6, 6.07) is 5.28. The number of nitrogens with zero attached hydrogens (tertiary/aromatic N) is 3. The Kier molecular flexibility index (Phi) is 3.32. The van der Waals surface area contributed by atoms with E-state index in [4.69, 9.17) is 0 Å². The first-order valence-electron chi connectivity index (χ1n) is 7.31. The van der Waals surface area contributed by atoms with Gasteiger partial charge in [0.15, 0.2) is 11.6 Å². The Hall–Kier alpha value is -1.75. The number of hydrogen-bond acceptors (Lipinski definition) is 3. The molecule has 4 nitrogen and oxygen atoms in total. The Bertz CT molecular complexity index is 669. The molecule has 1 aromatic heterocycles. The van der Waals surface area contributed by atoms with E-state index in [0.29, 0.717) is 5.56 Å². The summed E-state index contributed by atoms with van der Waals surface area (Å²) in [6.45, 7) is 10.1. The Balaban J connectivity index is 2.07. The lowest BCUT2D eigenvalue weighted by molar-refractivity contribution is 0.234. The van der Waals surface area contributed by atoms with Crippen LogP contribution in [0.2, 0.25) is 0 Å². The molecule has 0 spiro atoms. The van der Waals surface area contributed by atoms with Gasteiger partial charge in [-0.3, -0.25) is 0 Å². The summed E-state index contributed by atoms with van der Waals surface area (Å²) in [5.41, 5.74) is 1.62. The zero-order valence-electron chi connectivity index (χ0n) is 12.9. The fourth-order valence-electron chi connectivity index (χ4n) is 2.85. The minimum atomic E-state index is -0.189. The average Bonchev–Trinajstić information content (AvgIpc) is 2.84. The molecule has 0 saturated heterocycles. The number of hydrogen-bond donors (Lipinski definition) is 1. The maximum absolute atomic E-state index is 13.4. The lowest BCUT2D eigenvalue weighted by atomic mass is 9.85. The van der Waals surface area contributed by atoms with Gasteiger partial charge in [-0.1, -0.05) is 20.8 Å². The third-order valence-corrected chi connectivity index (χ3v) is 4.00. The SMILES string of the molecule is Cc1cc(-c2nnc3n2CCNC3C(C)(C)C)ccc1F. The average molecular weight is 288 g/mol. The zero-order chi connectivity index (χ0) is 15.2. The van der Waals surface area contributed by atoms with Crippen molar-refractivity contribution < 1.29 is 4.39 Å². The van der Waals surface area contributed by atoms with Crippen molar-refractivity contribution in [3.8, 4) is 11.4 Å². The van der Waals surface area contributed by atoms with Gasteiger partial charge < -0.3 is 9.88 Å². The van der Waals surface area contributed by atoms with Gasteiger partial charge in [0.25, 0.3) is 0 Å². The summed E-state index contributed by atoms with van der Waals surface area (Å²) in [5, 5.41) is 12.3. The van der Waals surface area contributed by atoms with E-state index in [-0.39, 0.29) is 17.3 Å². The van der Waals surface area contributed by atoms with Gasteiger partial charge >= 0.3 is 0 Å². The van der Waals surface area contributed by atoms with Crippen LogP contribution in [0.5, 0.6) is 0 Å². The van der Waals surface area contributed by atoms with E-state index in [2.05, 4.69) is 40.9 Å². The summed E-state index contributed by atoms with van der Waals surface area (Å²) in [6.07, 6.45) is 0. The van der Waals surface area contributed by atoms with Crippen molar-refractivity contribution in [2.24, 2.45) is 5.41 Å². The van der Waals surface area contributed by atoms with Crippen LogP contribution < -0.4 is 5.32 Å². The third-order valence-electron chi connectivity index (χ3n) is 4.00. The normalized spacial score (nSPS) is 18.6. The predicted octanol–water partition coefficient (Wildman–Crippen LogP) is 3.08. The largest absolute Gasteiger partial charge is 0.308 e. The van der Waals surface area contributed by atoms with Crippen molar-refractivity contribution in [1.82, 2.24) is 20.1 Å². The molecule has 1 aliphatic heterocycles. The van der Waals surface area contributed by atoms with Crippen LogP contribution in [0.25, 0.3) is 11.4 Å². The maximum atomic E-state index is 13.4. The molecule has 3 rings (SSSR count). The second-order valence-electron chi connectivity index (χ2n) is 6.75. The molecular weight excluding hydrogens is 267 g/mol. The fraction of sp³-hybridized carbons (Fsp3) is 0.500. The number of rotatable bonds is 1. The molecule has 112 valence electrons. The first-order valence-corrected chi connectivity index (χ1v) is 7.31. The molecule has 1 N–H and O–H groups in total. The van der Waals surface area contributed by atoms with E-state index in [9.17, 15) is 4.39 Å². The highest BCUT2D eigenvalue weighted by Gasteiger charge is 2.33. The molecule has 0 bridgehead atoms. The quantitative estimate of drug-likeness (QED) is 0.877. The number of benzene rings is 1. The van der Waals surface area contributed by atoms with E-state index < -0.39 is 0 Å². The van der Waals surface area contributed by atoms with Crippen LogP contribution in [0.15, 0.2) is 18.2 Å². The second kappa shape index (κ2) is 4.91. The fourth-order valence-corrected chi connectivity index (χ4v) is 2.85. The molecule has 21 heavy (non-hydrogen) atoms. The lowest BCUT2D eigenvalue weighted by Crippen LogP contribution is -2.40. The van der Waals surface area contributed by atoms with Gasteiger partial charge in [0.2, 0.25) is 0 Å². The molecule has 0 saturated carbocycles. The van der Waals surface area contributed by atoms with E-state index in [1.807, 2.05) is 6.07 Å². The first kappa shape index (κ1) is 14.2. The van der Waals surface area contributed by atoms with Crippen molar-refractivity contribution in [1.29, 1.82) is 0 Å². The molecule has 1 unspecified atom stereocenters. The molecule has 0 radical (unpaired) electrons. The van der Waals surface area contributed by atoms with E-state index in [1.165, 1.54) is 6.07 Å². The molecule has 0 fully saturated rings. The van der Waals surface area contributed by atoms with E-state index >= 15 is 0 Å². The van der Waals surface area contributed by atoms with E-state index in [1.54, 1.807) is 13.0 Å². The second-order valence-corrected chi connectivity index (χ2v) is 6.75. The van der Waals surface area contributed by atoms with Crippen LogP contribution in [0.3, 0.4) is 0 Å². The first-order chi connectivity index (χ1) is 9.88. The summed E-state index contributed by atoms with van der Waals surface area (Å²) in [4.78, 5) is 0. The summed E-state index contributed by atoms with van der Waals surface area (Å²) < 4.78 is 15.6. The van der Waals surface area contributed by atoms with Crippen LogP contribution in [0.1, 0.15) is 38.2 Å². The maximum Gasteiger partial charge on any atom is 0.164 e. The number of aryl methyl sites for hydroxylation is 1. The predicted molar refractivity (Wildman–Crippen MR) is 80.4 cm³/mol. The lowest BCUT2D eigenvalue weighted by Gasteiger charge is -2.34. The molecule has 1 aliphatic rings. The molecule has 0 amide bonds. The minimum absolute atomic E-state index is 0.0706. The number of fused-ring (bicyclic) bond motifs is 1. The molecule has 1 atom stereocenters. The molecule has 2 aromatic rings.